The first-order chi connectivity index (χ1) is 9.81. The number of rotatable bonds is 4. The molecule has 0 aliphatic heterocycles. The predicted molar refractivity (Wildman–Crippen MR) is 80.6 cm³/mol. The molecular weight excluding hydrogens is 250 g/mol. The Labute approximate surface area is 118 Å². The first-order valence-corrected chi connectivity index (χ1v) is 6.56. The number of methoxy groups -OCH3 is 2. The number of fused-ring (bicyclic) bond motifs is 1. The second-order valence-electron chi connectivity index (χ2n) is 4.69. The number of nitrogens with zero attached hydrogens (tertiary/aromatic N) is 1. The summed E-state index contributed by atoms with van der Waals surface area (Å²) in [6, 6.07) is 16.5. The van der Waals surface area contributed by atoms with Gasteiger partial charge in [0.15, 0.2) is 11.5 Å². The number of aromatic nitrogens is 1. The molecular formula is C17H17NO2. The predicted octanol–water partition coefficient (Wildman–Crippen LogP) is 3.71. The van der Waals surface area contributed by atoms with Crippen molar-refractivity contribution in [2.45, 2.75) is 6.54 Å². The summed E-state index contributed by atoms with van der Waals surface area (Å²) in [5.41, 5.74) is 2.42. The van der Waals surface area contributed by atoms with Crippen LogP contribution in [0.4, 0.5) is 0 Å². The fourth-order valence-corrected chi connectivity index (χ4v) is 2.45. The number of hydrogen-bond donors (Lipinski definition) is 0. The average molecular weight is 267 g/mol. The lowest BCUT2D eigenvalue weighted by Crippen LogP contribution is -1.99. The van der Waals surface area contributed by atoms with Crippen molar-refractivity contribution in [2.24, 2.45) is 0 Å². The summed E-state index contributed by atoms with van der Waals surface area (Å²) in [6.07, 6.45) is 2.11. The van der Waals surface area contributed by atoms with E-state index in [1.165, 1.54) is 16.5 Å². The molecule has 1 aromatic heterocycles. The van der Waals surface area contributed by atoms with Gasteiger partial charge in [-0.25, -0.2) is 0 Å². The van der Waals surface area contributed by atoms with Gasteiger partial charge in [-0.2, -0.15) is 0 Å². The molecule has 102 valence electrons. The molecule has 0 radical (unpaired) electrons. The summed E-state index contributed by atoms with van der Waals surface area (Å²) in [5, 5.41) is 1.26. The second-order valence-corrected chi connectivity index (χ2v) is 4.69. The van der Waals surface area contributed by atoms with Crippen LogP contribution in [0.5, 0.6) is 11.5 Å². The van der Waals surface area contributed by atoms with E-state index in [0.29, 0.717) is 0 Å². The lowest BCUT2D eigenvalue weighted by atomic mass is 10.2. The Morgan fingerprint density at radius 2 is 1.70 bits per heavy atom. The van der Waals surface area contributed by atoms with Gasteiger partial charge in [0.25, 0.3) is 0 Å². The van der Waals surface area contributed by atoms with E-state index < -0.39 is 0 Å². The zero-order chi connectivity index (χ0) is 13.9. The van der Waals surface area contributed by atoms with Crippen molar-refractivity contribution >= 4 is 10.9 Å². The molecule has 0 aliphatic rings. The smallest absolute Gasteiger partial charge is 0.161 e. The highest BCUT2D eigenvalue weighted by Gasteiger charge is 2.06. The Morgan fingerprint density at radius 1 is 0.900 bits per heavy atom. The minimum Gasteiger partial charge on any atom is -0.493 e. The van der Waals surface area contributed by atoms with E-state index in [1.54, 1.807) is 14.2 Å². The van der Waals surface area contributed by atoms with Crippen LogP contribution in [0.25, 0.3) is 10.9 Å². The minimum atomic E-state index is 0.758. The van der Waals surface area contributed by atoms with Gasteiger partial charge < -0.3 is 14.0 Å². The molecule has 0 atom stereocenters. The molecule has 3 heteroatoms. The van der Waals surface area contributed by atoms with Crippen molar-refractivity contribution in [3.05, 3.63) is 60.3 Å². The van der Waals surface area contributed by atoms with Crippen molar-refractivity contribution in [3.8, 4) is 11.5 Å². The fourth-order valence-electron chi connectivity index (χ4n) is 2.45. The normalized spacial score (nSPS) is 10.7. The van der Waals surface area contributed by atoms with E-state index in [-0.39, 0.29) is 0 Å². The average Bonchev–Trinajstić information content (AvgIpc) is 2.90. The van der Waals surface area contributed by atoms with Crippen molar-refractivity contribution in [1.29, 1.82) is 0 Å². The number of ether oxygens (including phenoxy) is 2. The van der Waals surface area contributed by atoms with Gasteiger partial charge in [0.05, 0.1) is 14.2 Å². The molecule has 0 bridgehead atoms. The van der Waals surface area contributed by atoms with Gasteiger partial charge in [-0.3, -0.25) is 0 Å². The zero-order valence-electron chi connectivity index (χ0n) is 11.7. The molecule has 1 heterocycles. The van der Waals surface area contributed by atoms with E-state index >= 15 is 0 Å². The van der Waals surface area contributed by atoms with E-state index in [2.05, 4.69) is 47.2 Å². The lowest BCUT2D eigenvalue weighted by molar-refractivity contribution is 0.354. The van der Waals surface area contributed by atoms with Gasteiger partial charge in [0.2, 0.25) is 0 Å². The maximum Gasteiger partial charge on any atom is 0.161 e. The summed E-state index contributed by atoms with van der Waals surface area (Å²) in [5.74, 6) is 1.52. The van der Waals surface area contributed by atoms with E-state index in [4.69, 9.17) is 9.47 Å². The van der Waals surface area contributed by atoms with Crippen molar-refractivity contribution in [2.75, 3.05) is 14.2 Å². The maximum absolute atomic E-state index is 5.35. The molecule has 0 saturated carbocycles. The zero-order valence-corrected chi connectivity index (χ0v) is 11.7. The standard InChI is InChI=1S/C17H17NO2/c1-19-16-8-7-13(11-17(16)20-2)12-18-10-9-14-5-3-4-6-15(14)18/h3-11H,12H2,1-2H3. The Kier molecular flexibility index (Phi) is 3.33. The Bertz CT molecular complexity index is 731. The third kappa shape index (κ3) is 2.23. The van der Waals surface area contributed by atoms with Gasteiger partial charge in [0, 0.05) is 18.3 Å². The molecule has 0 amide bonds. The topological polar surface area (TPSA) is 23.4 Å². The van der Waals surface area contributed by atoms with Gasteiger partial charge in [-0.05, 0) is 35.2 Å². The molecule has 20 heavy (non-hydrogen) atoms. The molecule has 0 unspecified atom stereocenters. The third-order valence-corrected chi connectivity index (χ3v) is 3.48. The van der Waals surface area contributed by atoms with Crippen LogP contribution in [-0.4, -0.2) is 18.8 Å². The molecule has 0 fully saturated rings. The highest BCUT2D eigenvalue weighted by atomic mass is 16.5. The van der Waals surface area contributed by atoms with Crippen LogP contribution in [0.2, 0.25) is 0 Å². The second kappa shape index (κ2) is 5.29. The SMILES string of the molecule is COc1ccc(Cn2ccc3ccccc32)cc1OC. The van der Waals surface area contributed by atoms with E-state index in [1.807, 2.05) is 12.1 Å². The van der Waals surface area contributed by atoms with Crippen molar-refractivity contribution in [3.63, 3.8) is 0 Å². The molecule has 3 nitrogen and oxygen atoms in total. The summed E-state index contributed by atoms with van der Waals surface area (Å²) in [4.78, 5) is 0. The Morgan fingerprint density at radius 3 is 2.50 bits per heavy atom. The Balaban J connectivity index is 1.95. The molecule has 3 aromatic rings. The summed E-state index contributed by atoms with van der Waals surface area (Å²) < 4.78 is 12.8. The van der Waals surface area contributed by atoms with Crippen LogP contribution in [0.15, 0.2) is 54.7 Å². The van der Waals surface area contributed by atoms with Crippen LogP contribution in [0.1, 0.15) is 5.56 Å². The largest absolute Gasteiger partial charge is 0.493 e. The summed E-state index contributed by atoms with van der Waals surface area (Å²) in [6.45, 7) is 0.813. The minimum absolute atomic E-state index is 0.758. The lowest BCUT2D eigenvalue weighted by Gasteiger charge is -2.11. The molecule has 2 aromatic carbocycles. The van der Waals surface area contributed by atoms with Crippen LogP contribution < -0.4 is 9.47 Å². The van der Waals surface area contributed by atoms with Gasteiger partial charge in [0.1, 0.15) is 0 Å². The fraction of sp³-hybridized carbons (Fsp3) is 0.176. The van der Waals surface area contributed by atoms with Crippen LogP contribution >= 0.6 is 0 Å². The number of para-hydroxylation sites is 1. The quantitative estimate of drug-likeness (QED) is 0.719. The molecule has 0 N–H and O–H groups in total. The molecule has 3 rings (SSSR count). The maximum atomic E-state index is 5.35. The summed E-state index contributed by atoms with van der Waals surface area (Å²) >= 11 is 0. The van der Waals surface area contributed by atoms with E-state index in [9.17, 15) is 0 Å². The third-order valence-electron chi connectivity index (χ3n) is 3.48. The first kappa shape index (κ1) is 12.6. The molecule has 0 saturated heterocycles. The Hall–Kier alpha value is -2.42. The van der Waals surface area contributed by atoms with Crippen LogP contribution in [-0.2, 0) is 6.54 Å². The van der Waals surface area contributed by atoms with Crippen molar-refractivity contribution in [1.82, 2.24) is 4.57 Å². The van der Waals surface area contributed by atoms with E-state index in [0.717, 1.165) is 18.0 Å². The molecule has 0 aliphatic carbocycles. The highest BCUT2D eigenvalue weighted by molar-refractivity contribution is 5.80. The van der Waals surface area contributed by atoms with Gasteiger partial charge in [-0.1, -0.05) is 24.3 Å². The summed E-state index contributed by atoms with van der Waals surface area (Å²) in [7, 11) is 3.31. The van der Waals surface area contributed by atoms with Crippen LogP contribution in [0, 0.1) is 0 Å². The number of benzene rings is 2. The van der Waals surface area contributed by atoms with Crippen LogP contribution in [0.3, 0.4) is 0 Å². The van der Waals surface area contributed by atoms with Gasteiger partial charge >= 0.3 is 0 Å². The van der Waals surface area contributed by atoms with Crippen molar-refractivity contribution < 1.29 is 9.47 Å². The first-order valence-electron chi connectivity index (χ1n) is 6.56. The van der Waals surface area contributed by atoms with Gasteiger partial charge in [-0.15, -0.1) is 0 Å². The monoisotopic (exact) mass is 267 g/mol. The number of hydrogen-bond acceptors (Lipinski definition) is 2. The molecule has 0 spiro atoms. The highest BCUT2D eigenvalue weighted by Crippen LogP contribution is 2.28.